The van der Waals surface area contributed by atoms with E-state index in [4.69, 9.17) is 18.9 Å². The number of phenols is 1. The number of ether oxygens (including phenoxy) is 4. The van der Waals surface area contributed by atoms with E-state index in [1.54, 1.807) is 20.3 Å². The van der Waals surface area contributed by atoms with Crippen molar-refractivity contribution in [1.29, 1.82) is 0 Å². The predicted molar refractivity (Wildman–Crippen MR) is 179 cm³/mol. The first-order valence-electron chi connectivity index (χ1n) is 16.1. The van der Waals surface area contributed by atoms with E-state index in [9.17, 15) is 20.3 Å². The third kappa shape index (κ3) is 5.57. The second-order valence-corrected chi connectivity index (χ2v) is 12.8. The molecular weight excluding hydrogens is 614 g/mol. The molecule has 0 spiro atoms. The largest absolute Gasteiger partial charge is 0.499 e. The van der Waals surface area contributed by atoms with Gasteiger partial charge in [0.25, 0.3) is 0 Å². The third-order valence-corrected chi connectivity index (χ3v) is 9.99. The van der Waals surface area contributed by atoms with Gasteiger partial charge in [-0.1, -0.05) is 12.1 Å². The summed E-state index contributed by atoms with van der Waals surface area (Å²) in [7, 11) is 7.33. The summed E-state index contributed by atoms with van der Waals surface area (Å²) in [4.78, 5) is 16.0. The summed E-state index contributed by atoms with van der Waals surface area (Å²) >= 11 is 0. The number of nitrogens with zero attached hydrogens (tertiary/aromatic N) is 3. The van der Waals surface area contributed by atoms with Crippen LogP contribution in [-0.4, -0.2) is 66.3 Å². The van der Waals surface area contributed by atoms with Gasteiger partial charge in [0.05, 0.1) is 25.7 Å². The zero-order valence-corrected chi connectivity index (χ0v) is 27.5. The van der Waals surface area contributed by atoms with E-state index in [1.165, 1.54) is 6.07 Å². The molecule has 4 aromatic carbocycles. The Kier molecular flexibility index (Phi) is 8.36. The van der Waals surface area contributed by atoms with Crippen LogP contribution in [0.4, 0.5) is 5.69 Å². The number of likely N-dealkylation sites (N-methyl/N-ethyl adjacent to an activating group) is 2. The molecule has 8 rings (SSSR count). The van der Waals surface area contributed by atoms with Gasteiger partial charge in [-0.05, 0) is 104 Å². The second kappa shape index (κ2) is 12.6. The second-order valence-electron chi connectivity index (χ2n) is 12.8. The van der Waals surface area contributed by atoms with Crippen molar-refractivity contribution < 1.29 is 34.1 Å². The zero-order chi connectivity index (χ0) is 33.7. The maximum Gasteiger partial charge on any atom is 0.314 e. The highest BCUT2D eigenvalue weighted by atomic mass is 16.6. The monoisotopic (exact) mass is 653 g/mol. The number of hydrogen-bond acceptors (Lipinski definition) is 10. The van der Waals surface area contributed by atoms with Crippen LogP contribution in [-0.2, 0) is 32.3 Å². The minimum absolute atomic E-state index is 0.0304. The summed E-state index contributed by atoms with van der Waals surface area (Å²) < 4.78 is 24.9. The Balaban J connectivity index is 1.47. The fraction of sp³-hybridized carbons (Fsp3) is 0.351. The molecule has 2 N–H and O–H groups in total. The van der Waals surface area contributed by atoms with Gasteiger partial charge in [-0.3, -0.25) is 19.9 Å². The van der Waals surface area contributed by atoms with Crippen LogP contribution in [0, 0.1) is 10.1 Å². The summed E-state index contributed by atoms with van der Waals surface area (Å²) in [5.41, 5.74) is 6.11. The molecule has 4 aliphatic rings. The third-order valence-electron chi connectivity index (χ3n) is 9.99. The number of methoxy groups -OCH3 is 2. The van der Waals surface area contributed by atoms with Gasteiger partial charge in [-0.2, -0.15) is 0 Å². The fourth-order valence-corrected chi connectivity index (χ4v) is 7.41. The molecule has 2 atom stereocenters. The molecule has 48 heavy (non-hydrogen) atoms. The average molecular weight is 654 g/mol. The van der Waals surface area contributed by atoms with Crippen molar-refractivity contribution in [3.05, 3.63) is 104 Å². The molecule has 0 saturated carbocycles. The number of nitro benzene ring substituents is 1. The minimum Gasteiger partial charge on any atom is -0.499 e. The molecule has 11 nitrogen and oxygen atoms in total. The maximum atomic E-state index is 12.0. The Bertz CT molecular complexity index is 1890. The highest BCUT2D eigenvalue weighted by molar-refractivity contribution is 5.62. The maximum absolute atomic E-state index is 12.0. The van der Waals surface area contributed by atoms with Crippen LogP contribution < -0.4 is 18.9 Å². The van der Waals surface area contributed by atoms with Crippen molar-refractivity contribution in [1.82, 2.24) is 9.80 Å². The lowest BCUT2D eigenvalue weighted by Gasteiger charge is -2.37. The van der Waals surface area contributed by atoms with E-state index in [2.05, 4.69) is 16.8 Å². The van der Waals surface area contributed by atoms with Gasteiger partial charge in [0.1, 0.15) is 5.75 Å². The van der Waals surface area contributed by atoms with Crippen LogP contribution in [0.1, 0.15) is 51.0 Å². The van der Waals surface area contributed by atoms with Crippen LogP contribution >= 0.6 is 0 Å². The van der Waals surface area contributed by atoms with Gasteiger partial charge >= 0.3 is 5.69 Å². The molecule has 0 aliphatic carbocycles. The van der Waals surface area contributed by atoms with E-state index in [0.29, 0.717) is 52.7 Å². The number of phenolic OH excluding ortho intramolecular Hbond substituents is 1. The van der Waals surface area contributed by atoms with Crippen LogP contribution in [0.3, 0.4) is 0 Å². The Hall–Kier alpha value is -4.84. The number of rotatable bonds is 4. The summed E-state index contributed by atoms with van der Waals surface area (Å²) in [6, 6.07) is 16.4. The average Bonchev–Trinajstić information content (AvgIpc) is 3.08. The van der Waals surface area contributed by atoms with Crippen LogP contribution in [0.15, 0.2) is 54.6 Å². The lowest BCUT2D eigenvalue weighted by Crippen LogP contribution is -2.34. The molecule has 0 saturated heterocycles. The molecule has 0 radical (unpaired) electrons. The normalized spacial score (nSPS) is 18.9. The van der Waals surface area contributed by atoms with Crippen molar-refractivity contribution in [3.8, 4) is 40.2 Å². The number of hydrogen-bond donors (Lipinski definition) is 2. The topological polar surface area (TPSA) is 127 Å². The van der Waals surface area contributed by atoms with Crippen molar-refractivity contribution in [2.75, 3.05) is 41.4 Å². The fourth-order valence-electron chi connectivity index (χ4n) is 7.41. The van der Waals surface area contributed by atoms with E-state index < -0.39 is 16.4 Å². The quantitative estimate of drug-likeness (QED) is 0.193. The first-order valence-corrected chi connectivity index (χ1v) is 16.1. The molecule has 4 heterocycles. The van der Waals surface area contributed by atoms with E-state index in [0.717, 1.165) is 53.7 Å². The van der Waals surface area contributed by atoms with Gasteiger partial charge in [0, 0.05) is 42.4 Å². The van der Waals surface area contributed by atoms with Crippen LogP contribution in [0.5, 0.6) is 40.2 Å². The Morgan fingerprint density at radius 3 is 2.27 bits per heavy atom. The van der Waals surface area contributed by atoms with E-state index in [-0.39, 0.29) is 24.4 Å². The van der Waals surface area contributed by atoms with Crippen molar-refractivity contribution >= 4 is 5.69 Å². The molecule has 0 fully saturated rings. The van der Waals surface area contributed by atoms with Gasteiger partial charge in [0.15, 0.2) is 28.7 Å². The van der Waals surface area contributed by atoms with Crippen molar-refractivity contribution in [2.45, 2.75) is 44.4 Å². The standard InChI is InChI=1S/C37H39N3O8/c1-38-11-9-23-18-31(45-3)32-19-27(23)28(38)14-22-15-30(40(43)44)35(42)33(16-22)47-26-7-5-21(6-8-26)13-29-34-24(10-12-39(29)2)17-25(20-41)36(46-4)37(34)48-32/h5-8,15-19,28-29,41-42H,9-14,20H2,1-4H3. The molecule has 0 amide bonds. The molecule has 2 unspecified atom stereocenters. The van der Waals surface area contributed by atoms with Gasteiger partial charge in [-0.15, -0.1) is 0 Å². The van der Waals surface area contributed by atoms with Crippen LogP contribution in [0.2, 0.25) is 0 Å². The lowest BCUT2D eigenvalue weighted by atomic mass is 9.86. The number of aliphatic hydroxyl groups is 1. The Morgan fingerprint density at radius 2 is 1.58 bits per heavy atom. The number of benzene rings is 4. The zero-order valence-electron chi connectivity index (χ0n) is 27.5. The van der Waals surface area contributed by atoms with Gasteiger partial charge < -0.3 is 29.2 Å². The minimum atomic E-state index is -0.587. The van der Waals surface area contributed by atoms with Crippen molar-refractivity contribution in [3.63, 3.8) is 0 Å². The number of aliphatic hydroxyl groups excluding tert-OH is 1. The predicted octanol–water partition coefficient (Wildman–Crippen LogP) is 6.25. The first kappa shape index (κ1) is 31.7. The SMILES string of the molecule is COc1cc2c3cc1Oc1c(OC)c(CO)cc4c1C(Cc1ccc(cc1)Oc1cc(cc([N+](=O)[O-])c1O)CC3N(C)CC2)N(C)CC4. The highest BCUT2D eigenvalue weighted by Crippen LogP contribution is 2.50. The molecule has 4 aromatic rings. The van der Waals surface area contributed by atoms with Crippen LogP contribution in [0.25, 0.3) is 0 Å². The molecule has 250 valence electrons. The van der Waals surface area contributed by atoms with E-state index in [1.807, 2.05) is 49.5 Å². The molecule has 11 heteroatoms. The molecule has 6 bridgehead atoms. The Morgan fingerprint density at radius 1 is 0.875 bits per heavy atom. The Labute approximate surface area is 279 Å². The smallest absolute Gasteiger partial charge is 0.314 e. The number of aromatic hydroxyl groups is 1. The van der Waals surface area contributed by atoms with Gasteiger partial charge in [0.2, 0.25) is 5.75 Å². The molecule has 0 aromatic heterocycles. The summed E-state index contributed by atoms with van der Waals surface area (Å²) in [5, 5.41) is 33.4. The summed E-state index contributed by atoms with van der Waals surface area (Å²) in [6.45, 7) is 1.38. The number of nitro groups is 1. The van der Waals surface area contributed by atoms with Gasteiger partial charge in [-0.25, -0.2) is 0 Å². The molecular formula is C37H39N3O8. The number of fused-ring (bicyclic) bond motifs is 2. The lowest BCUT2D eigenvalue weighted by molar-refractivity contribution is -0.386. The first-order chi connectivity index (χ1) is 23.2. The molecule has 4 aliphatic heterocycles. The van der Waals surface area contributed by atoms with E-state index >= 15 is 0 Å². The summed E-state index contributed by atoms with van der Waals surface area (Å²) in [6.07, 6.45) is 2.62. The van der Waals surface area contributed by atoms with Crippen molar-refractivity contribution in [2.24, 2.45) is 0 Å². The summed E-state index contributed by atoms with van der Waals surface area (Å²) in [5.74, 6) is 2.08. The highest BCUT2D eigenvalue weighted by Gasteiger charge is 2.34.